The molecule has 1 aliphatic carbocycles. The molecule has 1 aromatic rings. The highest BCUT2D eigenvalue weighted by molar-refractivity contribution is 5.96. The first-order valence-corrected chi connectivity index (χ1v) is 7.67. The number of hydrogen-bond donors (Lipinski definition) is 1. The second-order valence-corrected chi connectivity index (χ2v) is 6.08. The summed E-state index contributed by atoms with van der Waals surface area (Å²) in [5.74, 6) is 0.661. The van der Waals surface area contributed by atoms with Gasteiger partial charge in [-0.25, -0.2) is 0 Å². The van der Waals surface area contributed by atoms with Gasteiger partial charge in [0.25, 0.3) is 0 Å². The average molecular weight is 274 g/mol. The molecule has 20 heavy (non-hydrogen) atoms. The third kappa shape index (κ3) is 3.83. The summed E-state index contributed by atoms with van der Waals surface area (Å²) in [7, 11) is 1.81. The molecule has 3 nitrogen and oxygen atoms in total. The smallest absolute Gasteiger partial charge is 0.243 e. The van der Waals surface area contributed by atoms with Gasteiger partial charge in [-0.1, -0.05) is 49.8 Å². The van der Waals surface area contributed by atoms with Crippen molar-refractivity contribution in [1.29, 1.82) is 0 Å². The Kier molecular flexibility index (Phi) is 5.18. The van der Waals surface area contributed by atoms with Gasteiger partial charge in [0, 0.05) is 12.7 Å². The van der Waals surface area contributed by atoms with E-state index in [0.29, 0.717) is 5.92 Å². The monoisotopic (exact) mass is 274 g/mol. The maximum absolute atomic E-state index is 12.4. The van der Waals surface area contributed by atoms with Crippen LogP contribution in [0.25, 0.3) is 0 Å². The Morgan fingerprint density at radius 1 is 1.25 bits per heavy atom. The van der Waals surface area contributed by atoms with Crippen LogP contribution in [-0.4, -0.2) is 19.0 Å². The first kappa shape index (κ1) is 15.0. The molecule has 1 aromatic carbocycles. The molecule has 0 radical (unpaired) electrons. The molecule has 3 heteroatoms. The van der Waals surface area contributed by atoms with E-state index in [1.54, 1.807) is 4.90 Å². The Morgan fingerprint density at radius 2 is 1.85 bits per heavy atom. The first-order chi connectivity index (χ1) is 9.58. The fourth-order valence-electron chi connectivity index (χ4n) is 3.03. The van der Waals surface area contributed by atoms with Crippen molar-refractivity contribution < 1.29 is 4.79 Å². The van der Waals surface area contributed by atoms with Crippen LogP contribution in [0, 0.1) is 12.8 Å². The third-order valence-corrected chi connectivity index (χ3v) is 4.38. The normalized spacial score (nSPS) is 17.8. The lowest BCUT2D eigenvalue weighted by Crippen LogP contribution is -2.43. The maximum atomic E-state index is 12.4. The Balaban J connectivity index is 1.93. The molecule has 1 unspecified atom stereocenters. The topological polar surface area (TPSA) is 46.3 Å². The molecule has 1 atom stereocenters. The number of amides is 1. The minimum atomic E-state index is -0.371. The highest BCUT2D eigenvalue weighted by atomic mass is 16.2. The SMILES string of the molecule is Cc1ccc(N(C)C(=O)C(N)CC2CCCCC2)cc1. The number of carbonyl (C=O) groups is 1. The fourth-order valence-corrected chi connectivity index (χ4v) is 3.03. The molecule has 1 saturated carbocycles. The van der Waals surface area contributed by atoms with Crippen molar-refractivity contribution in [3.8, 4) is 0 Å². The van der Waals surface area contributed by atoms with Gasteiger partial charge in [-0.2, -0.15) is 0 Å². The Bertz CT molecular complexity index is 435. The minimum absolute atomic E-state index is 0.0272. The number of carbonyl (C=O) groups excluding carboxylic acids is 1. The van der Waals surface area contributed by atoms with Crippen LogP contribution in [0.1, 0.15) is 44.1 Å². The minimum Gasteiger partial charge on any atom is -0.320 e. The van der Waals surface area contributed by atoms with Gasteiger partial charge in [-0.3, -0.25) is 4.79 Å². The second kappa shape index (κ2) is 6.89. The van der Waals surface area contributed by atoms with Crippen LogP contribution < -0.4 is 10.6 Å². The highest BCUT2D eigenvalue weighted by Crippen LogP contribution is 2.27. The number of nitrogens with zero attached hydrogens (tertiary/aromatic N) is 1. The first-order valence-electron chi connectivity index (χ1n) is 7.67. The number of anilines is 1. The van der Waals surface area contributed by atoms with Crippen molar-refractivity contribution >= 4 is 11.6 Å². The highest BCUT2D eigenvalue weighted by Gasteiger charge is 2.24. The molecule has 1 aliphatic rings. The van der Waals surface area contributed by atoms with Crippen molar-refractivity contribution in [3.63, 3.8) is 0 Å². The van der Waals surface area contributed by atoms with Crippen LogP contribution in [0.3, 0.4) is 0 Å². The number of benzene rings is 1. The van der Waals surface area contributed by atoms with E-state index in [1.807, 2.05) is 38.2 Å². The largest absolute Gasteiger partial charge is 0.320 e. The predicted molar refractivity (Wildman–Crippen MR) is 83.8 cm³/mol. The van der Waals surface area contributed by atoms with Gasteiger partial charge in [0.2, 0.25) is 5.91 Å². The molecular weight excluding hydrogens is 248 g/mol. The summed E-state index contributed by atoms with van der Waals surface area (Å²) < 4.78 is 0. The molecular formula is C17H26N2O. The van der Waals surface area contributed by atoms with Crippen molar-refractivity contribution in [2.45, 2.75) is 51.5 Å². The zero-order valence-corrected chi connectivity index (χ0v) is 12.6. The van der Waals surface area contributed by atoms with Crippen LogP contribution in [-0.2, 0) is 4.79 Å². The van der Waals surface area contributed by atoms with Crippen molar-refractivity contribution in [3.05, 3.63) is 29.8 Å². The molecule has 0 bridgehead atoms. The Morgan fingerprint density at radius 3 is 2.45 bits per heavy atom. The molecule has 110 valence electrons. The molecule has 0 spiro atoms. The van der Waals surface area contributed by atoms with E-state index in [4.69, 9.17) is 5.73 Å². The van der Waals surface area contributed by atoms with Crippen LogP contribution >= 0.6 is 0 Å². The molecule has 0 aliphatic heterocycles. The van der Waals surface area contributed by atoms with Gasteiger partial charge in [0.1, 0.15) is 0 Å². The molecule has 2 N–H and O–H groups in total. The maximum Gasteiger partial charge on any atom is 0.243 e. The lowest BCUT2D eigenvalue weighted by Gasteiger charge is -2.27. The zero-order chi connectivity index (χ0) is 14.5. The lowest BCUT2D eigenvalue weighted by molar-refractivity contribution is -0.120. The summed E-state index contributed by atoms with van der Waals surface area (Å²) in [6, 6.07) is 7.61. The van der Waals surface area contributed by atoms with Crippen LogP contribution in [0.2, 0.25) is 0 Å². The van der Waals surface area contributed by atoms with Crippen LogP contribution in [0.5, 0.6) is 0 Å². The summed E-state index contributed by atoms with van der Waals surface area (Å²) in [5, 5.41) is 0. The van der Waals surface area contributed by atoms with Gasteiger partial charge < -0.3 is 10.6 Å². The predicted octanol–water partition coefficient (Wildman–Crippen LogP) is 3.26. The molecule has 0 saturated heterocycles. The lowest BCUT2D eigenvalue weighted by atomic mass is 9.85. The zero-order valence-electron chi connectivity index (χ0n) is 12.6. The Labute approximate surface area is 122 Å². The van der Waals surface area contributed by atoms with Crippen molar-refractivity contribution in [1.82, 2.24) is 0 Å². The number of hydrogen-bond acceptors (Lipinski definition) is 2. The number of rotatable bonds is 4. The summed E-state index contributed by atoms with van der Waals surface area (Å²) in [6.07, 6.45) is 7.21. The van der Waals surface area contributed by atoms with Gasteiger partial charge in [-0.15, -0.1) is 0 Å². The van der Waals surface area contributed by atoms with Gasteiger partial charge >= 0.3 is 0 Å². The van der Waals surface area contributed by atoms with Crippen molar-refractivity contribution in [2.24, 2.45) is 11.7 Å². The molecule has 1 amide bonds. The number of nitrogens with two attached hydrogens (primary N) is 1. The van der Waals surface area contributed by atoms with E-state index < -0.39 is 0 Å². The van der Waals surface area contributed by atoms with E-state index in [9.17, 15) is 4.79 Å². The summed E-state index contributed by atoms with van der Waals surface area (Å²) >= 11 is 0. The average Bonchev–Trinajstić information content (AvgIpc) is 2.47. The Hall–Kier alpha value is -1.35. The van der Waals surface area contributed by atoms with Gasteiger partial charge in [0.05, 0.1) is 6.04 Å². The molecule has 1 fully saturated rings. The fraction of sp³-hybridized carbons (Fsp3) is 0.588. The van der Waals surface area contributed by atoms with E-state index in [1.165, 1.54) is 37.7 Å². The molecule has 0 aromatic heterocycles. The summed E-state index contributed by atoms with van der Waals surface area (Å²) in [6.45, 7) is 2.04. The quantitative estimate of drug-likeness (QED) is 0.916. The third-order valence-electron chi connectivity index (χ3n) is 4.38. The standard InChI is InChI=1S/C17H26N2O/c1-13-8-10-15(11-9-13)19(2)17(20)16(18)12-14-6-4-3-5-7-14/h8-11,14,16H,3-7,12,18H2,1-2H3. The second-order valence-electron chi connectivity index (χ2n) is 6.08. The van der Waals surface area contributed by atoms with Crippen LogP contribution in [0.4, 0.5) is 5.69 Å². The summed E-state index contributed by atoms with van der Waals surface area (Å²) in [5.41, 5.74) is 8.24. The van der Waals surface area contributed by atoms with Crippen molar-refractivity contribution in [2.75, 3.05) is 11.9 Å². The number of likely N-dealkylation sites (N-methyl/N-ethyl adjacent to an activating group) is 1. The van der Waals surface area contributed by atoms with E-state index in [-0.39, 0.29) is 11.9 Å². The summed E-state index contributed by atoms with van der Waals surface area (Å²) in [4.78, 5) is 14.1. The molecule has 2 rings (SSSR count). The van der Waals surface area contributed by atoms with E-state index >= 15 is 0 Å². The van der Waals surface area contributed by atoms with E-state index in [0.717, 1.165) is 12.1 Å². The molecule has 0 heterocycles. The van der Waals surface area contributed by atoms with Crippen LogP contribution in [0.15, 0.2) is 24.3 Å². The number of aryl methyl sites for hydroxylation is 1. The van der Waals surface area contributed by atoms with E-state index in [2.05, 4.69) is 0 Å². The van der Waals surface area contributed by atoms with Gasteiger partial charge in [-0.05, 0) is 31.4 Å². The van der Waals surface area contributed by atoms with Gasteiger partial charge in [0.15, 0.2) is 0 Å².